The first-order valence-electron chi connectivity index (χ1n) is 9.04. The van der Waals surface area contributed by atoms with Crippen LogP contribution in [0.1, 0.15) is 59.3 Å². The molecule has 0 aromatic heterocycles. The summed E-state index contributed by atoms with van der Waals surface area (Å²) in [5.41, 5.74) is 0. The molecule has 0 bridgehead atoms. The number of nitrogens with zero attached hydrogens (tertiary/aromatic N) is 2. The lowest BCUT2D eigenvalue weighted by Gasteiger charge is -2.31. The molecular weight excluding hydrogens is 387 g/mol. The van der Waals surface area contributed by atoms with Gasteiger partial charge in [0.1, 0.15) is 0 Å². The Kier molecular flexibility index (Phi) is 14.5. The molecule has 1 aliphatic rings. The van der Waals surface area contributed by atoms with Crippen LogP contribution in [0.4, 0.5) is 0 Å². The predicted molar refractivity (Wildman–Crippen MR) is 108 cm³/mol. The summed E-state index contributed by atoms with van der Waals surface area (Å²) in [6, 6.07) is 0. The quantitative estimate of drug-likeness (QED) is 0.258. The lowest BCUT2D eigenvalue weighted by molar-refractivity contribution is 0.188. The molecule has 0 unspecified atom stereocenters. The van der Waals surface area contributed by atoms with Crippen LogP contribution in [0.5, 0.6) is 0 Å². The average molecular weight is 424 g/mol. The van der Waals surface area contributed by atoms with Gasteiger partial charge in [0.05, 0.1) is 0 Å². The van der Waals surface area contributed by atoms with Crippen molar-refractivity contribution in [3.05, 3.63) is 0 Å². The van der Waals surface area contributed by atoms with Crippen LogP contribution in [-0.2, 0) is 0 Å². The number of rotatable bonds is 9. The molecule has 0 aromatic carbocycles. The Hall–Kier alpha value is -0.0400. The zero-order chi connectivity index (χ0) is 15.3. The Morgan fingerprint density at radius 3 is 2.36 bits per heavy atom. The zero-order valence-electron chi connectivity index (χ0n) is 14.9. The number of halogens is 1. The molecule has 1 heterocycles. The number of guanidine groups is 1. The number of hydrogen-bond acceptors (Lipinski definition) is 2. The lowest BCUT2D eigenvalue weighted by atomic mass is 9.97. The van der Waals surface area contributed by atoms with E-state index in [0.29, 0.717) is 0 Å². The first-order valence-corrected chi connectivity index (χ1v) is 9.04. The van der Waals surface area contributed by atoms with Crippen LogP contribution in [0.15, 0.2) is 4.99 Å². The highest BCUT2D eigenvalue weighted by Crippen LogP contribution is 2.17. The molecule has 5 heteroatoms. The van der Waals surface area contributed by atoms with Gasteiger partial charge in [-0.15, -0.1) is 24.0 Å². The summed E-state index contributed by atoms with van der Waals surface area (Å²) >= 11 is 0. The molecule has 1 saturated heterocycles. The second-order valence-electron chi connectivity index (χ2n) is 6.14. The van der Waals surface area contributed by atoms with E-state index in [0.717, 1.165) is 31.5 Å². The maximum absolute atomic E-state index is 4.78. The van der Waals surface area contributed by atoms with E-state index in [-0.39, 0.29) is 24.0 Å². The normalized spacial score (nSPS) is 17.1. The van der Waals surface area contributed by atoms with E-state index in [9.17, 15) is 0 Å². The van der Waals surface area contributed by atoms with Crippen LogP contribution in [0.25, 0.3) is 0 Å². The second kappa shape index (κ2) is 14.5. The van der Waals surface area contributed by atoms with E-state index in [2.05, 4.69) is 36.3 Å². The van der Waals surface area contributed by atoms with Crippen LogP contribution in [0, 0.1) is 5.92 Å². The van der Waals surface area contributed by atoms with Crippen LogP contribution in [-0.4, -0.2) is 50.1 Å². The van der Waals surface area contributed by atoms with Crippen molar-refractivity contribution in [1.29, 1.82) is 0 Å². The molecule has 22 heavy (non-hydrogen) atoms. The number of piperidine rings is 1. The molecular formula is C17H37IN4. The van der Waals surface area contributed by atoms with Gasteiger partial charge in [-0.1, -0.05) is 26.7 Å². The van der Waals surface area contributed by atoms with Crippen LogP contribution in [0.3, 0.4) is 0 Å². The standard InChI is InChI=1S/C17H36N4.HI/c1-4-7-8-11-19-17(18-6-3)20-15-16-9-13-21(12-5-2)14-10-16;/h16H,4-15H2,1-3H3,(H2,18,19,20);1H. The molecule has 1 aliphatic heterocycles. The summed E-state index contributed by atoms with van der Waals surface area (Å²) in [7, 11) is 0. The average Bonchev–Trinajstić information content (AvgIpc) is 2.51. The Bertz CT molecular complexity index is 276. The third-order valence-corrected chi connectivity index (χ3v) is 4.17. The highest BCUT2D eigenvalue weighted by Gasteiger charge is 2.18. The molecule has 2 N–H and O–H groups in total. The number of likely N-dealkylation sites (tertiary alicyclic amines) is 1. The summed E-state index contributed by atoms with van der Waals surface area (Å²) in [5.74, 6) is 1.77. The smallest absolute Gasteiger partial charge is 0.191 e. The molecule has 1 rings (SSSR count). The highest BCUT2D eigenvalue weighted by atomic mass is 127. The zero-order valence-corrected chi connectivity index (χ0v) is 17.2. The molecule has 0 saturated carbocycles. The molecule has 132 valence electrons. The third-order valence-electron chi connectivity index (χ3n) is 4.17. The Labute approximate surface area is 154 Å². The number of nitrogens with one attached hydrogen (secondary N) is 2. The molecule has 4 nitrogen and oxygen atoms in total. The van der Waals surface area contributed by atoms with Gasteiger partial charge >= 0.3 is 0 Å². The Balaban J connectivity index is 0.00000441. The van der Waals surface area contributed by atoms with E-state index in [1.165, 1.54) is 58.2 Å². The molecule has 0 atom stereocenters. The van der Waals surface area contributed by atoms with Crippen molar-refractivity contribution in [2.75, 3.05) is 39.3 Å². The molecule has 0 amide bonds. The van der Waals surface area contributed by atoms with Crippen LogP contribution >= 0.6 is 24.0 Å². The second-order valence-corrected chi connectivity index (χ2v) is 6.14. The van der Waals surface area contributed by atoms with E-state index in [1.54, 1.807) is 0 Å². The van der Waals surface area contributed by atoms with E-state index < -0.39 is 0 Å². The van der Waals surface area contributed by atoms with Gasteiger partial charge in [0.15, 0.2) is 5.96 Å². The number of hydrogen-bond donors (Lipinski definition) is 2. The van der Waals surface area contributed by atoms with Crippen molar-refractivity contribution < 1.29 is 0 Å². The van der Waals surface area contributed by atoms with Gasteiger partial charge < -0.3 is 15.5 Å². The fraction of sp³-hybridized carbons (Fsp3) is 0.941. The minimum atomic E-state index is 0. The highest BCUT2D eigenvalue weighted by molar-refractivity contribution is 14.0. The minimum absolute atomic E-state index is 0. The van der Waals surface area contributed by atoms with Gasteiger partial charge in [0.2, 0.25) is 0 Å². The molecule has 0 aromatic rings. The van der Waals surface area contributed by atoms with Gasteiger partial charge in [-0.25, -0.2) is 0 Å². The number of unbranched alkanes of at least 4 members (excludes halogenated alkanes) is 2. The maximum Gasteiger partial charge on any atom is 0.191 e. The van der Waals surface area contributed by atoms with Crippen molar-refractivity contribution in [1.82, 2.24) is 15.5 Å². The predicted octanol–water partition coefficient (Wildman–Crippen LogP) is 3.47. The third kappa shape index (κ3) is 9.87. The van der Waals surface area contributed by atoms with Crippen LogP contribution < -0.4 is 10.6 Å². The van der Waals surface area contributed by atoms with E-state index >= 15 is 0 Å². The summed E-state index contributed by atoms with van der Waals surface area (Å²) in [4.78, 5) is 7.37. The topological polar surface area (TPSA) is 39.7 Å². The summed E-state index contributed by atoms with van der Waals surface area (Å²) in [6.07, 6.45) is 7.68. The first-order chi connectivity index (χ1) is 10.3. The van der Waals surface area contributed by atoms with Gasteiger partial charge in [-0.2, -0.15) is 0 Å². The monoisotopic (exact) mass is 424 g/mol. The molecule has 0 spiro atoms. The fourth-order valence-electron chi connectivity index (χ4n) is 2.85. The van der Waals surface area contributed by atoms with Gasteiger partial charge in [0, 0.05) is 19.6 Å². The maximum atomic E-state index is 4.78. The van der Waals surface area contributed by atoms with Gasteiger partial charge in [0.25, 0.3) is 0 Å². The van der Waals surface area contributed by atoms with Crippen molar-refractivity contribution >= 4 is 29.9 Å². The van der Waals surface area contributed by atoms with E-state index in [1.807, 2.05) is 0 Å². The van der Waals surface area contributed by atoms with Crippen LogP contribution in [0.2, 0.25) is 0 Å². The lowest BCUT2D eigenvalue weighted by Crippen LogP contribution is -2.39. The minimum Gasteiger partial charge on any atom is -0.357 e. The van der Waals surface area contributed by atoms with Gasteiger partial charge in [-0.3, -0.25) is 4.99 Å². The fourth-order valence-corrected chi connectivity index (χ4v) is 2.85. The van der Waals surface area contributed by atoms with Crippen molar-refractivity contribution in [3.8, 4) is 0 Å². The van der Waals surface area contributed by atoms with Gasteiger partial charge in [-0.05, 0) is 58.2 Å². The Morgan fingerprint density at radius 1 is 1.05 bits per heavy atom. The molecule has 0 aliphatic carbocycles. The van der Waals surface area contributed by atoms with E-state index in [4.69, 9.17) is 4.99 Å². The number of aliphatic imine (C=N–C) groups is 1. The summed E-state index contributed by atoms with van der Waals surface area (Å²) < 4.78 is 0. The molecule has 1 fully saturated rings. The summed E-state index contributed by atoms with van der Waals surface area (Å²) in [6.45, 7) is 13.4. The van der Waals surface area contributed by atoms with Crippen molar-refractivity contribution in [3.63, 3.8) is 0 Å². The van der Waals surface area contributed by atoms with Crippen molar-refractivity contribution in [2.45, 2.75) is 59.3 Å². The Morgan fingerprint density at radius 2 is 1.77 bits per heavy atom. The first kappa shape index (κ1) is 22.0. The summed E-state index contributed by atoms with van der Waals surface area (Å²) in [5, 5.41) is 6.81. The largest absolute Gasteiger partial charge is 0.357 e. The van der Waals surface area contributed by atoms with Crippen molar-refractivity contribution in [2.24, 2.45) is 10.9 Å². The SMILES string of the molecule is CCCCCNC(=NCC1CCN(CCC)CC1)NCC.I. The molecule has 0 radical (unpaired) electrons.